The van der Waals surface area contributed by atoms with Crippen LogP contribution >= 0.6 is 0 Å². The summed E-state index contributed by atoms with van der Waals surface area (Å²) in [5, 5.41) is 2.93. The molecule has 2 aromatic rings. The summed E-state index contributed by atoms with van der Waals surface area (Å²) in [5.74, 6) is -0.753. The number of halogens is 3. The smallest absolute Gasteiger partial charge is 0.416 e. The molecule has 1 fully saturated rings. The van der Waals surface area contributed by atoms with Crippen LogP contribution in [0.4, 0.5) is 13.2 Å². The number of alkyl halides is 3. The number of amides is 2. The van der Waals surface area contributed by atoms with Gasteiger partial charge in [0.1, 0.15) is 6.10 Å². The Bertz CT molecular complexity index is 1250. The number of esters is 1. The molecule has 11 heteroatoms. The molecule has 0 spiro atoms. The van der Waals surface area contributed by atoms with E-state index in [-0.39, 0.29) is 36.2 Å². The molecule has 2 amide bonds. The molecule has 0 radical (unpaired) electrons. The van der Waals surface area contributed by atoms with Crippen molar-refractivity contribution in [3.8, 4) is 0 Å². The standard InChI is InChI=1S/C29H35F3N4O4/c1-17(2)27-26-23(15-36(27)14-20-5-7-24(8-6-20)29(30,31)32)11-22(13-33-26)28(39)34-12-21-9-10-35(18(3)37)16-25(21)40-19(4)38/h5-8,11,13,17,21,25,27H,9-10,12,14-16H2,1-4H3,(H,34,39)/t21-,25+,27?/m0/s1. The van der Waals surface area contributed by atoms with Gasteiger partial charge < -0.3 is 15.0 Å². The molecule has 3 heterocycles. The summed E-state index contributed by atoms with van der Waals surface area (Å²) in [6.07, 6.45) is -2.74. The molecule has 1 aromatic heterocycles. The number of fused-ring (bicyclic) bond motifs is 1. The maximum Gasteiger partial charge on any atom is 0.416 e. The van der Waals surface area contributed by atoms with E-state index in [1.54, 1.807) is 11.1 Å². The molecule has 8 nitrogen and oxygen atoms in total. The van der Waals surface area contributed by atoms with Crippen molar-refractivity contribution in [1.82, 2.24) is 20.1 Å². The Morgan fingerprint density at radius 2 is 1.85 bits per heavy atom. The van der Waals surface area contributed by atoms with Gasteiger partial charge in [-0.2, -0.15) is 13.2 Å². The fourth-order valence-electron chi connectivity index (χ4n) is 5.61. The van der Waals surface area contributed by atoms with Crippen LogP contribution in [0.5, 0.6) is 0 Å². The SMILES string of the molecule is CC(=O)O[C@@H]1CN(C(C)=O)CC[C@H]1CNC(=O)c1cnc2c(c1)CN(Cc1ccc(C(F)(F)F)cc1)C2C(C)C. The van der Waals surface area contributed by atoms with Crippen molar-refractivity contribution in [2.45, 2.75) is 65.5 Å². The number of pyridine rings is 1. The quantitative estimate of drug-likeness (QED) is 0.507. The molecule has 1 unspecified atom stereocenters. The van der Waals surface area contributed by atoms with Crippen LogP contribution in [0.1, 0.15) is 72.9 Å². The molecule has 4 rings (SSSR count). The number of aromatic nitrogens is 1. The highest BCUT2D eigenvalue weighted by Crippen LogP contribution is 2.39. The molecule has 1 saturated heterocycles. The van der Waals surface area contributed by atoms with Gasteiger partial charge >= 0.3 is 12.1 Å². The number of nitrogens with one attached hydrogen (secondary N) is 1. The first-order valence-corrected chi connectivity index (χ1v) is 13.4. The number of rotatable bonds is 7. The maximum atomic E-state index is 13.1. The molecule has 3 atom stereocenters. The van der Waals surface area contributed by atoms with Gasteiger partial charge in [-0.3, -0.25) is 24.3 Å². The minimum Gasteiger partial charge on any atom is -0.460 e. The van der Waals surface area contributed by atoms with E-state index in [1.165, 1.54) is 26.0 Å². The number of ether oxygens (including phenoxy) is 1. The van der Waals surface area contributed by atoms with E-state index < -0.39 is 23.8 Å². The summed E-state index contributed by atoms with van der Waals surface area (Å²) in [4.78, 5) is 44.9. The lowest BCUT2D eigenvalue weighted by Gasteiger charge is -2.37. The fourth-order valence-corrected chi connectivity index (χ4v) is 5.61. The van der Waals surface area contributed by atoms with E-state index in [1.807, 2.05) is 6.07 Å². The Labute approximate surface area is 231 Å². The average molecular weight is 561 g/mol. The van der Waals surface area contributed by atoms with Crippen LogP contribution in [0.25, 0.3) is 0 Å². The van der Waals surface area contributed by atoms with Gasteiger partial charge in [-0.15, -0.1) is 0 Å². The van der Waals surface area contributed by atoms with E-state index in [2.05, 4.69) is 29.0 Å². The number of carbonyl (C=O) groups excluding carboxylic acids is 3. The van der Waals surface area contributed by atoms with Crippen LogP contribution in [0, 0.1) is 11.8 Å². The zero-order valence-corrected chi connectivity index (χ0v) is 23.1. The number of nitrogens with zero attached hydrogens (tertiary/aromatic N) is 3. The predicted molar refractivity (Wildman–Crippen MR) is 141 cm³/mol. The van der Waals surface area contributed by atoms with E-state index in [0.717, 1.165) is 29.0 Å². The first-order chi connectivity index (χ1) is 18.8. The Balaban J connectivity index is 1.43. The molecular weight excluding hydrogens is 525 g/mol. The van der Waals surface area contributed by atoms with E-state index in [9.17, 15) is 27.6 Å². The van der Waals surface area contributed by atoms with Gasteiger partial charge in [0, 0.05) is 52.1 Å². The third-order valence-corrected chi connectivity index (χ3v) is 7.59. The Kier molecular flexibility index (Phi) is 8.82. The van der Waals surface area contributed by atoms with Gasteiger partial charge in [-0.05, 0) is 41.7 Å². The molecule has 0 saturated carbocycles. The second kappa shape index (κ2) is 12.0. The predicted octanol–water partition coefficient (Wildman–Crippen LogP) is 4.34. The molecule has 216 valence electrons. The maximum absolute atomic E-state index is 13.1. The van der Waals surface area contributed by atoms with Crippen LogP contribution in [-0.4, -0.2) is 58.3 Å². The van der Waals surface area contributed by atoms with Crippen LogP contribution in [0.3, 0.4) is 0 Å². The van der Waals surface area contributed by atoms with Crippen molar-refractivity contribution in [3.05, 3.63) is 64.5 Å². The molecule has 40 heavy (non-hydrogen) atoms. The lowest BCUT2D eigenvalue weighted by atomic mass is 9.93. The zero-order chi connectivity index (χ0) is 29.2. The van der Waals surface area contributed by atoms with E-state index in [4.69, 9.17) is 4.74 Å². The van der Waals surface area contributed by atoms with Crippen molar-refractivity contribution < 1.29 is 32.3 Å². The van der Waals surface area contributed by atoms with Gasteiger partial charge in [0.25, 0.3) is 5.91 Å². The average Bonchev–Trinajstić information content (AvgIpc) is 3.24. The summed E-state index contributed by atoms with van der Waals surface area (Å²) in [6.45, 7) is 9.01. The molecule has 1 N–H and O–H groups in total. The summed E-state index contributed by atoms with van der Waals surface area (Å²) < 4.78 is 44.3. The van der Waals surface area contributed by atoms with Crippen LogP contribution < -0.4 is 5.32 Å². The van der Waals surface area contributed by atoms with Gasteiger partial charge in [0.2, 0.25) is 5.91 Å². The Morgan fingerprint density at radius 3 is 2.45 bits per heavy atom. The molecule has 0 bridgehead atoms. The molecule has 0 aliphatic carbocycles. The Morgan fingerprint density at radius 1 is 1.15 bits per heavy atom. The Hall–Kier alpha value is -3.47. The van der Waals surface area contributed by atoms with Crippen molar-refractivity contribution in [2.75, 3.05) is 19.6 Å². The number of likely N-dealkylation sites (tertiary alicyclic amines) is 1. The first-order valence-electron chi connectivity index (χ1n) is 13.4. The largest absolute Gasteiger partial charge is 0.460 e. The zero-order valence-electron chi connectivity index (χ0n) is 23.1. The number of carbonyl (C=O) groups is 3. The fraction of sp³-hybridized carbons (Fsp3) is 0.517. The monoisotopic (exact) mass is 560 g/mol. The van der Waals surface area contributed by atoms with Gasteiger partial charge in [0.15, 0.2) is 0 Å². The minimum atomic E-state index is -4.38. The summed E-state index contributed by atoms with van der Waals surface area (Å²) in [6, 6.07) is 6.98. The summed E-state index contributed by atoms with van der Waals surface area (Å²) in [7, 11) is 0. The normalized spacial score (nSPS) is 21.3. The van der Waals surface area contributed by atoms with Crippen molar-refractivity contribution in [3.63, 3.8) is 0 Å². The second-order valence-corrected chi connectivity index (χ2v) is 10.9. The second-order valence-electron chi connectivity index (χ2n) is 10.9. The summed E-state index contributed by atoms with van der Waals surface area (Å²) >= 11 is 0. The molecule has 2 aliphatic rings. The summed E-state index contributed by atoms with van der Waals surface area (Å²) in [5.41, 5.74) is 2.27. The third kappa shape index (κ3) is 6.80. The van der Waals surface area contributed by atoms with Crippen LogP contribution in [0.2, 0.25) is 0 Å². The molecule has 2 aliphatic heterocycles. The van der Waals surface area contributed by atoms with Gasteiger partial charge in [-0.1, -0.05) is 26.0 Å². The number of benzene rings is 1. The van der Waals surface area contributed by atoms with Crippen molar-refractivity contribution >= 4 is 17.8 Å². The number of hydrogen-bond donors (Lipinski definition) is 1. The first kappa shape index (κ1) is 29.5. The molecule has 1 aromatic carbocycles. The number of hydrogen-bond acceptors (Lipinski definition) is 6. The minimum absolute atomic E-state index is 0.0367. The van der Waals surface area contributed by atoms with Crippen molar-refractivity contribution in [1.29, 1.82) is 0 Å². The lowest BCUT2D eigenvalue weighted by Crippen LogP contribution is -2.50. The van der Waals surface area contributed by atoms with Crippen LogP contribution in [0.15, 0.2) is 36.5 Å². The van der Waals surface area contributed by atoms with Crippen LogP contribution in [-0.2, 0) is 33.6 Å². The highest BCUT2D eigenvalue weighted by Gasteiger charge is 2.36. The topological polar surface area (TPSA) is 91.8 Å². The van der Waals surface area contributed by atoms with E-state index >= 15 is 0 Å². The van der Waals surface area contributed by atoms with Gasteiger partial charge in [-0.25, -0.2) is 0 Å². The van der Waals surface area contributed by atoms with Gasteiger partial charge in [0.05, 0.1) is 29.4 Å². The van der Waals surface area contributed by atoms with Crippen molar-refractivity contribution in [2.24, 2.45) is 11.8 Å². The van der Waals surface area contributed by atoms with E-state index in [0.29, 0.717) is 38.2 Å². The highest BCUT2D eigenvalue weighted by atomic mass is 19.4. The lowest BCUT2D eigenvalue weighted by molar-refractivity contribution is -0.155. The third-order valence-electron chi connectivity index (χ3n) is 7.59. The number of piperidine rings is 1. The highest BCUT2D eigenvalue weighted by molar-refractivity contribution is 5.94. The molecular formula is C29H35F3N4O4.